The number of carboxylic acid groups (broad SMARTS) is 1. The van der Waals surface area contributed by atoms with Crippen molar-refractivity contribution in [1.29, 1.82) is 0 Å². The number of aromatic carboxylic acids is 1. The minimum Gasteiger partial charge on any atom is -0.477 e. The first-order valence-electron chi connectivity index (χ1n) is 5.30. The van der Waals surface area contributed by atoms with Crippen LogP contribution < -0.4 is 0 Å². The van der Waals surface area contributed by atoms with Crippen molar-refractivity contribution in [3.63, 3.8) is 0 Å². The van der Waals surface area contributed by atoms with E-state index in [9.17, 15) is 4.79 Å². The van der Waals surface area contributed by atoms with Gasteiger partial charge in [-0.25, -0.2) is 9.78 Å². The van der Waals surface area contributed by atoms with Crippen LogP contribution in [-0.4, -0.2) is 25.4 Å². The smallest absolute Gasteiger partial charge is 0.347 e. The zero-order valence-electron chi connectivity index (χ0n) is 9.49. The molecule has 0 radical (unpaired) electrons. The second kappa shape index (κ2) is 3.92. The third-order valence-electron chi connectivity index (χ3n) is 2.68. The highest BCUT2D eigenvalue weighted by molar-refractivity contribution is 7.19. The van der Waals surface area contributed by atoms with Gasteiger partial charge in [0.1, 0.15) is 10.6 Å². The van der Waals surface area contributed by atoms with Gasteiger partial charge in [0.25, 0.3) is 0 Å². The number of aryl methyl sites for hydroxylation is 1. The summed E-state index contributed by atoms with van der Waals surface area (Å²) < 4.78 is 1.79. The molecule has 0 aliphatic heterocycles. The molecule has 3 rings (SSSR count). The van der Waals surface area contributed by atoms with Gasteiger partial charge in [0.2, 0.25) is 0 Å². The number of thiazole rings is 1. The predicted molar refractivity (Wildman–Crippen MR) is 68.0 cm³/mol. The third-order valence-corrected chi connectivity index (χ3v) is 3.82. The molecule has 6 heteroatoms. The average Bonchev–Trinajstić information content (AvgIpc) is 2.91. The number of carboxylic acids is 1. The number of carbonyl (C=O) groups is 1. The lowest BCUT2D eigenvalue weighted by Gasteiger charge is -1.94. The van der Waals surface area contributed by atoms with Crippen LogP contribution in [0.4, 0.5) is 0 Å². The van der Waals surface area contributed by atoms with Gasteiger partial charge in [0.05, 0.1) is 5.69 Å². The zero-order valence-corrected chi connectivity index (χ0v) is 10.3. The van der Waals surface area contributed by atoms with E-state index >= 15 is 0 Å². The van der Waals surface area contributed by atoms with E-state index in [0.29, 0.717) is 15.5 Å². The Bertz CT molecular complexity index is 730. The van der Waals surface area contributed by atoms with Gasteiger partial charge in [0, 0.05) is 18.1 Å². The molecule has 90 valence electrons. The molecule has 0 bridgehead atoms. The van der Waals surface area contributed by atoms with E-state index in [1.165, 1.54) is 11.3 Å². The number of pyridine rings is 1. The van der Waals surface area contributed by atoms with Gasteiger partial charge in [-0.15, -0.1) is 0 Å². The first kappa shape index (κ1) is 10.9. The second-order valence-corrected chi connectivity index (χ2v) is 4.79. The molecule has 0 fully saturated rings. The van der Waals surface area contributed by atoms with Crippen molar-refractivity contribution < 1.29 is 9.90 Å². The van der Waals surface area contributed by atoms with Gasteiger partial charge in [-0.2, -0.15) is 0 Å². The molecular formula is C12H9N3O2S. The lowest BCUT2D eigenvalue weighted by molar-refractivity contribution is 0.0701. The fourth-order valence-electron chi connectivity index (χ4n) is 1.79. The summed E-state index contributed by atoms with van der Waals surface area (Å²) in [7, 11) is 0. The molecule has 18 heavy (non-hydrogen) atoms. The van der Waals surface area contributed by atoms with Crippen LogP contribution in [-0.2, 0) is 0 Å². The lowest BCUT2D eigenvalue weighted by atomic mass is 10.3. The van der Waals surface area contributed by atoms with Crippen LogP contribution in [0.3, 0.4) is 0 Å². The van der Waals surface area contributed by atoms with E-state index < -0.39 is 5.97 Å². The van der Waals surface area contributed by atoms with Gasteiger partial charge < -0.3 is 5.11 Å². The van der Waals surface area contributed by atoms with E-state index in [1.54, 1.807) is 17.5 Å². The van der Waals surface area contributed by atoms with Crippen LogP contribution in [0.1, 0.15) is 15.4 Å². The van der Waals surface area contributed by atoms with Gasteiger partial charge >= 0.3 is 5.97 Å². The molecule has 5 nitrogen and oxygen atoms in total. The minimum atomic E-state index is -0.914. The molecule has 0 amide bonds. The second-order valence-electron chi connectivity index (χ2n) is 3.82. The van der Waals surface area contributed by atoms with Crippen LogP contribution in [0.5, 0.6) is 0 Å². The molecule has 0 aromatic carbocycles. The fourth-order valence-corrected chi connectivity index (χ4v) is 2.73. The predicted octanol–water partition coefficient (Wildman–Crippen LogP) is 2.46. The molecule has 0 aliphatic carbocycles. The number of aromatic nitrogens is 3. The number of rotatable bonds is 2. The van der Waals surface area contributed by atoms with Crippen LogP contribution in [0.2, 0.25) is 0 Å². The van der Waals surface area contributed by atoms with Gasteiger partial charge in [-0.1, -0.05) is 17.4 Å². The summed E-state index contributed by atoms with van der Waals surface area (Å²) in [5, 5.41) is 9.03. The summed E-state index contributed by atoms with van der Waals surface area (Å²) in [6.07, 6.45) is 3.52. The van der Waals surface area contributed by atoms with Gasteiger partial charge in [-0.05, 0) is 19.1 Å². The molecule has 0 spiro atoms. The molecule has 0 atom stereocenters. The van der Waals surface area contributed by atoms with Crippen molar-refractivity contribution in [2.75, 3.05) is 0 Å². The largest absolute Gasteiger partial charge is 0.477 e. The van der Waals surface area contributed by atoms with Gasteiger partial charge in [-0.3, -0.25) is 9.38 Å². The van der Waals surface area contributed by atoms with E-state index in [0.717, 1.165) is 11.4 Å². The summed E-state index contributed by atoms with van der Waals surface area (Å²) in [4.78, 5) is 20.6. The van der Waals surface area contributed by atoms with Crippen LogP contribution in [0, 0.1) is 6.92 Å². The Morgan fingerprint density at radius 2 is 2.22 bits per heavy atom. The topological polar surface area (TPSA) is 67.5 Å². The SMILES string of the molecule is Cc1c(C(=O)O)sc2nc(-c3ccccn3)cn12. The first-order chi connectivity index (χ1) is 8.66. The van der Waals surface area contributed by atoms with E-state index in [-0.39, 0.29) is 0 Å². The summed E-state index contributed by atoms with van der Waals surface area (Å²) in [6.45, 7) is 1.77. The van der Waals surface area contributed by atoms with E-state index in [1.807, 2.05) is 24.4 Å². The number of nitrogens with zero attached hydrogens (tertiary/aromatic N) is 3. The normalized spacial score (nSPS) is 10.9. The van der Waals surface area contributed by atoms with Crippen molar-refractivity contribution >= 4 is 22.3 Å². The zero-order chi connectivity index (χ0) is 12.7. The molecule has 0 saturated carbocycles. The number of hydrogen-bond acceptors (Lipinski definition) is 4. The van der Waals surface area contributed by atoms with E-state index in [4.69, 9.17) is 5.11 Å². The summed E-state index contributed by atoms with van der Waals surface area (Å²) >= 11 is 1.17. The maximum Gasteiger partial charge on any atom is 0.347 e. The third kappa shape index (κ3) is 1.58. The Balaban J connectivity index is 2.17. The highest BCUT2D eigenvalue weighted by Crippen LogP contribution is 2.26. The maximum atomic E-state index is 11.0. The maximum absolute atomic E-state index is 11.0. The Hall–Kier alpha value is -2.21. The summed E-state index contributed by atoms with van der Waals surface area (Å²) in [5.74, 6) is -0.914. The Morgan fingerprint density at radius 1 is 1.39 bits per heavy atom. The van der Waals surface area contributed by atoms with Crippen LogP contribution in [0.25, 0.3) is 16.3 Å². The van der Waals surface area contributed by atoms with Crippen molar-refractivity contribution in [2.45, 2.75) is 6.92 Å². The molecular weight excluding hydrogens is 250 g/mol. The highest BCUT2D eigenvalue weighted by atomic mass is 32.1. The number of fused-ring (bicyclic) bond motifs is 1. The molecule has 1 N–H and O–H groups in total. The van der Waals surface area contributed by atoms with Crippen LogP contribution in [0.15, 0.2) is 30.6 Å². The standard InChI is InChI=1S/C12H9N3O2S/c1-7-10(11(16)17)18-12-14-9(6-15(7)12)8-4-2-3-5-13-8/h2-6H,1H3,(H,16,17). The molecule has 3 aromatic heterocycles. The molecule has 3 aromatic rings. The number of imidazole rings is 1. The Morgan fingerprint density at radius 3 is 2.83 bits per heavy atom. The van der Waals surface area contributed by atoms with Gasteiger partial charge in [0.15, 0.2) is 4.96 Å². The highest BCUT2D eigenvalue weighted by Gasteiger charge is 2.17. The summed E-state index contributed by atoms with van der Waals surface area (Å²) in [5.41, 5.74) is 2.23. The molecule has 0 saturated heterocycles. The molecule has 0 aliphatic rings. The minimum absolute atomic E-state index is 0.324. The Kier molecular flexibility index (Phi) is 2.38. The quantitative estimate of drug-likeness (QED) is 0.767. The molecule has 0 unspecified atom stereocenters. The lowest BCUT2D eigenvalue weighted by Crippen LogP contribution is -1.96. The molecule has 3 heterocycles. The Labute approximate surface area is 106 Å². The van der Waals surface area contributed by atoms with Crippen LogP contribution >= 0.6 is 11.3 Å². The van der Waals surface area contributed by atoms with Crippen molar-refractivity contribution in [3.8, 4) is 11.4 Å². The monoisotopic (exact) mass is 259 g/mol. The van der Waals surface area contributed by atoms with E-state index in [2.05, 4.69) is 9.97 Å². The van der Waals surface area contributed by atoms with Crippen molar-refractivity contribution in [3.05, 3.63) is 41.2 Å². The fraction of sp³-hybridized carbons (Fsp3) is 0.0833. The first-order valence-corrected chi connectivity index (χ1v) is 6.11. The summed E-state index contributed by atoms with van der Waals surface area (Å²) in [6, 6.07) is 5.61. The average molecular weight is 259 g/mol. The number of hydrogen-bond donors (Lipinski definition) is 1. The van der Waals surface area contributed by atoms with Crippen molar-refractivity contribution in [2.24, 2.45) is 0 Å². The van der Waals surface area contributed by atoms with Crippen molar-refractivity contribution in [1.82, 2.24) is 14.4 Å².